The Balaban J connectivity index is 1.96. The first-order valence-electron chi connectivity index (χ1n) is 5.88. The summed E-state index contributed by atoms with van der Waals surface area (Å²) in [5, 5.41) is 5.20. The van der Waals surface area contributed by atoms with Crippen molar-refractivity contribution in [2.24, 2.45) is 0 Å². The van der Waals surface area contributed by atoms with Crippen molar-refractivity contribution in [3.63, 3.8) is 0 Å². The van der Waals surface area contributed by atoms with Gasteiger partial charge in [-0.1, -0.05) is 0 Å². The summed E-state index contributed by atoms with van der Waals surface area (Å²) in [6, 6.07) is 2.08. The molecule has 1 aliphatic rings. The molecule has 1 unspecified atom stereocenters. The van der Waals surface area contributed by atoms with Crippen molar-refractivity contribution >= 4 is 37.3 Å². The van der Waals surface area contributed by atoms with Crippen LogP contribution < -0.4 is 5.32 Å². The summed E-state index contributed by atoms with van der Waals surface area (Å²) in [6.45, 7) is 1.37. The van der Waals surface area contributed by atoms with Crippen LogP contribution in [-0.2, 0) is 16.6 Å². The van der Waals surface area contributed by atoms with Gasteiger partial charge in [0.15, 0.2) is 0 Å². The molecule has 0 spiro atoms. The van der Waals surface area contributed by atoms with Crippen LogP contribution in [0.4, 0.5) is 0 Å². The zero-order valence-electron chi connectivity index (χ0n) is 10.2. The van der Waals surface area contributed by atoms with Crippen LogP contribution in [0.15, 0.2) is 15.2 Å². The highest BCUT2D eigenvalue weighted by Gasteiger charge is 2.25. The Bertz CT molecular complexity index is 495. The van der Waals surface area contributed by atoms with E-state index in [9.17, 15) is 8.42 Å². The lowest BCUT2D eigenvalue weighted by molar-refractivity contribution is 0.460. The van der Waals surface area contributed by atoms with Crippen LogP contribution >= 0.6 is 27.3 Å². The second-order valence-electron chi connectivity index (χ2n) is 4.59. The molecule has 7 heteroatoms. The normalized spacial score (nSPS) is 20.7. The molecule has 0 aromatic carbocycles. The van der Waals surface area contributed by atoms with Crippen LogP contribution in [0, 0.1) is 0 Å². The summed E-state index contributed by atoms with van der Waals surface area (Å²) in [4.78, 5) is 0. The van der Waals surface area contributed by atoms with E-state index in [0.717, 1.165) is 28.7 Å². The summed E-state index contributed by atoms with van der Waals surface area (Å²) < 4.78 is 26.8. The van der Waals surface area contributed by atoms with Crippen LogP contribution in [0.1, 0.15) is 18.4 Å². The van der Waals surface area contributed by atoms with Gasteiger partial charge in [-0.25, -0.2) is 12.7 Å². The van der Waals surface area contributed by atoms with Crippen molar-refractivity contribution in [3.8, 4) is 0 Å². The maximum absolute atomic E-state index is 12.2. The predicted molar refractivity (Wildman–Crippen MR) is 78.3 cm³/mol. The van der Waals surface area contributed by atoms with Crippen LogP contribution in [0.25, 0.3) is 0 Å². The third kappa shape index (κ3) is 3.77. The van der Waals surface area contributed by atoms with Crippen molar-refractivity contribution in [2.45, 2.75) is 25.4 Å². The molecule has 4 nitrogen and oxygen atoms in total. The van der Waals surface area contributed by atoms with Gasteiger partial charge in [0.25, 0.3) is 0 Å². The molecule has 2 rings (SSSR count). The van der Waals surface area contributed by atoms with Gasteiger partial charge >= 0.3 is 0 Å². The molecule has 0 saturated carbocycles. The molecular weight excluding hydrogens is 336 g/mol. The van der Waals surface area contributed by atoms with Gasteiger partial charge in [-0.15, -0.1) is 11.3 Å². The number of hydrogen-bond acceptors (Lipinski definition) is 4. The molecule has 1 saturated heterocycles. The topological polar surface area (TPSA) is 49.4 Å². The lowest BCUT2D eigenvalue weighted by atomic mass is 10.3. The van der Waals surface area contributed by atoms with Gasteiger partial charge in [0.2, 0.25) is 10.0 Å². The summed E-state index contributed by atoms with van der Waals surface area (Å²) in [5.74, 6) is 0.203. The summed E-state index contributed by atoms with van der Waals surface area (Å²) in [7, 11) is -1.52. The monoisotopic (exact) mass is 352 g/mol. The van der Waals surface area contributed by atoms with E-state index in [1.54, 1.807) is 18.4 Å². The quantitative estimate of drug-likeness (QED) is 0.881. The number of halogens is 1. The fourth-order valence-corrected chi connectivity index (χ4v) is 4.66. The van der Waals surface area contributed by atoms with Gasteiger partial charge in [0.1, 0.15) is 0 Å². The molecule has 1 atom stereocenters. The Labute approximate surface area is 121 Å². The average Bonchev–Trinajstić information content (AvgIpc) is 2.90. The molecule has 102 valence electrons. The van der Waals surface area contributed by atoms with E-state index in [1.807, 2.05) is 11.4 Å². The lowest BCUT2D eigenvalue weighted by Gasteiger charge is -2.19. The zero-order valence-corrected chi connectivity index (χ0v) is 13.4. The van der Waals surface area contributed by atoms with E-state index in [1.165, 1.54) is 4.31 Å². The molecule has 2 heterocycles. The van der Waals surface area contributed by atoms with Gasteiger partial charge < -0.3 is 5.32 Å². The van der Waals surface area contributed by atoms with Crippen molar-refractivity contribution in [3.05, 3.63) is 20.8 Å². The largest absolute Gasteiger partial charge is 0.313 e. The Morgan fingerprint density at radius 2 is 2.39 bits per heavy atom. The molecule has 1 fully saturated rings. The zero-order chi connectivity index (χ0) is 13.2. The second kappa shape index (κ2) is 6.00. The number of hydrogen-bond donors (Lipinski definition) is 1. The highest BCUT2D eigenvalue weighted by molar-refractivity contribution is 9.11. The highest BCUT2D eigenvalue weighted by Crippen LogP contribution is 2.22. The fourth-order valence-electron chi connectivity index (χ4n) is 2.06. The Morgan fingerprint density at radius 1 is 1.61 bits per heavy atom. The molecule has 1 aromatic rings. The number of nitrogens with zero attached hydrogens (tertiary/aromatic N) is 1. The van der Waals surface area contributed by atoms with E-state index < -0.39 is 10.0 Å². The predicted octanol–water partition coefficient (Wildman–Crippen LogP) is 2.02. The fraction of sp³-hybridized carbons (Fsp3) is 0.636. The van der Waals surface area contributed by atoms with Crippen molar-refractivity contribution < 1.29 is 8.42 Å². The molecule has 1 aliphatic heterocycles. The molecule has 0 bridgehead atoms. The van der Waals surface area contributed by atoms with Gasteiger partial charge in [0, 0.05) is 19.6 Å². The van der Waals surface area contributed by atoms with E-state index in [4.69, 9.17) is 0 Å². The highest BCUT2D eigenvalue weighted by atomic mass is 79.9. The Hall–Kier alpha value is 0.0500. The standard InChI is InChI=1S/C11H17BrN2O2S2/c1-14(6-9-5-11(12)17-7-9)18(15,16)8-10-3-2-4-13-10/h5,7,10,13H,2-4,6,8H2,1H3. The van der Waals surface area contributed by atoms with Gasteiger partial charge in [-0.05, 0) is 52.3 Å². The van der Waals surface area contributed by atoms with Gasteiger partial charge in [-0.2, -0.15) is 0 Å². The van der Waals surface area contributed by atoms with Gasteiger partial charge in [-0.3, -0.25) is 0 Å². The van der Waals surface area contributed by atoms with Gasteiger partial charge in [0.05, 0.1) is 9.54 Å². The first-order chi connectivity index (χ1) is 8.47. The van der Waals surface area contributed by atoms with E-state index in [-0.39, 0.29) is 11.8 Å². The van der Waals surface area contributed by atoms with E-state index in [0.29, 0.717) is 6.54 Å². The van der Waals surface area contributed by atoms with E-state index >= 15 is 0 Å². The Kier molecular flexibility index (Phi) is 4.82. The first-order valence-corrected chi connectivity index (χ1v) is 9.16. The third-order valence-corrected chi connectivity index (χ3v) is 6.53. The van der Waals surface area contributed by atoms with Crippen molar-refractivity contribution in [1.82, 2.24) is 9.62 Å². The van der Waals surface area contributed by atoms with Crippen LogP contribution in [0.5, 0.6) is 0 Å². The summed E-state index contributed by atoms with van der Waals surface area (Å²) >= 11 is 4.96. The molecule has 0 radical (unpaired) electrons. The minimum absolute atomic E-state index is 0.117. The molecule has 0 amide bonds. The molecule has 1 aromatic heterocycles. The lowest BCUT2D eigenvalue weighted by Crippen LogP contribution is -2.37. The molecule has 0 aliphatic carbocycles. The maximum atomic E-state index is 12.2. The van der Waals surface area contributed by atoms with Crippen LogP contribution in [0.2, 0.25) is 0 Å². The number of rotatable bonds is 5. The maximum Gasteiger partial charge on any atom is 0.215 e. The smallest absolute Gasteiger partial charge is 0.215 e. The Morgan fingerprint density at radius 3 is 2.94 bits per heavy atom. The number of sulfonamides is 1. The number of nitrogens with one attached hydrogen (secondary N) is 1. The van der Waals surface area contributed by atoms with Crippen LogP contribution in [-0.4, -0.2) is 38.1 Å². The molecule has 18 heavy (non-hydrogen) atoms. The third-order valence-electron chi connectivity index (χ3n) is 3.08. The molecule has 1 N–H and O–H groups in total. The van der Waals surface area contributed by atoms with Crippen LogP contribution in [0.3, 0.4) is 0 Å². The average molecular weight is 353 g/mol. The SMILES string of the molecule is CN(Cc1csc(Br)c1)S(=O)(=O)CC1CCCN1. The summed E-state index contributed by atoms with van der Waals surface area (Å²) in [5.41, 5.74) is 1.03. The molecular formula is C11H17BrN2O2S2. The van der Waals surface area contributed by atoms with E-state index in [2.05, 4.69) is 21.2 Å². The minimum atomic E-state index is -3.17. The van der Waals surface area contributed by atoms with Crippen molar-refractivity contribution in [1.29, 1.82) is 0 Å². The minimum Gasteiger partial charge on any atom is -0.313 e. The summed E-state index contributed by atoms with van der Waals surface area (Å²) in [6.07, 6.45) is 2.03. The first kappa shape index (κ1) is 14.5. The second-order valence-corrected chi connectivity index (χ2v) is 9.00. The van der Waals surface area contributed by atoms with Crippen molar-refractivity contribution in [2.75, 3.05) is 19.3 Å². The number of thiophene rings is 1.